The molecule has 0 rings (SSSR count). The van der Waals surface area contributed by atoms with Gasteiger partial charge in [0.2, 0.25) is 0 Å². The quantitative estimate of drug-likeness (QED) is 0.0852. The van der Waals surface area contributed by atoms with Gasteiger partial charge in [0.15, 0.2) is 6.04 Å². The maximum Gasteiger partial charge on any atom is 0.338 e. The summed E-state index contributed by atoms with van der Waals surface area (Å²) in [6.07, 6.45) is 1.27. The van der Waals surface area contributed by atoms with E-state index in [0.29, 0.717) is 19.4 Å². The van der Waals surface area contributed by atoms with E-state index in [2.05, 4.69) is 10.7 Å². The number of amides is 1. The van der Waals surface area contributed by atoms with Gasteiger partial charge in [-0.25, -0.2) is 5.48 Å². The van der Waals surface area contributed by atoms with E-state index in [0.717, 1.165) is 0 Å². The summed E-state index contributed by atoms with van der Waals surface area (Å²) in [7, 11) is 0. The molecule has 0 saturated heterocycles. The molecule has 0 fully saturated rings. The number of nitrogens with one attached hydrogen (secondary N) is 2. The Balaban J connectivity index is 3.53. The van der Waals surface area contributed by atoms with Crippen LogP contribution in [0.25, 0.3) is 0 Å². The first-order valence-electron chi connectivity index (χ1n) is 3.96. The predicted octanol–water partition coefficient (Wildman–Crippen LogP) is -4.76. The summed E-state index contributed by atoms with van der Waals surface area (Å²) in [6, 6.07) is -0.453. The van der Waals surface area contributed by atoms with Crippen molar-refractivity contribution in [3.63, 3.8) is 0 Å². The van der Waals surface area contributed by atoms with Crippen LogP contribution in [0.1, 0.15) is 12.8 Å². The number of hydrogen-bond donors (Lipinski definition) is 6. The van der Waals surface area contributed by atoms with Crippen LogP contribution in [0.15, 0.2) is 0 Å². The molecule has 0 unspecified atom stereocenters. The van der Waals surface area contributed by atoms with Crippen molar-refractivity contribution >= 4 is 11.9 Å². The van der Waals surface area contributed by atoms with Crippen LogP contribution >= 0.6 is 0 Å². The van der Waals surface area contributed by atoms with Gasteiger partial charge in [0.25, 0.3) is 0 Å². The summed E-state index contributed by atoms with van der Waals surface area (Å²) in [6.45, 7) is 0.590. The van der Waals surface area contributed by atoms with Crippen molar-refractivity contribution in [2.45, 2.75) is 18.9 Å². The molecule has 10 N–H and O–H groups in total. The maximum atomic E-state index is 10.7. The lowest BCUT2D eigenvalue weighted by molar-refractivity contribution is -0.463. The van der Waals surface area contributed by atoms with Crippen molar-refractivity contribution in [1.29, 1.82) is 0 Å². The molecule has 0 aromatic rings. The van der Waals surface area contributed by atoms with E-state index in [-0.39, 0.29) is 5.96 Å². The average molecular weight is 191 g/mol. The summed E-state index contributed by atoms with van der Waals surface area (Å²) in [5.41, 5.74) is 15.4. The molecule has 0 aliphatic heterocycles. The van der Waals surface area contributed by atoms with Crippen molar-refractivity contribution in [2.24, 2.45) is 11.5 Å². The fourth-order valence-electron chi connectivity index (χ4n) is 0.804. The number of rotatable bonds is 5. The molecular weight excluding hydrogens is 174 g/mol. The first kappa shape index (κ1) is 11.7. The Morgan fingerprint density at radius 3 is 2.69 bits per heavy atom. The fraction of sp³-hybridized carbons (Fsp3) is 0.667. The molecule has 0 radical (unpaired) electrons. The Labute approximate surface area is 75.9 Å². The molecule has 0 aliphatic carbocycles. The third-order valence-electron chi connectivity index (χ3n) is 1.54. The Kier molecular flexibility index (Phi) is 5.57. The van der Waals surface area contributed by atoms with Crippen molar-refractivity contribution in [1.82, 2.24) is 5.48 Å². The van der Waals surface area contributed by atoms with Gasteiger partial charge < -0.3 is 5.73 Å². The highest BCUT2D eigenvalue weighted by Crippen LogP contribution is 1.88. The van der Waals surface area contributed by atoms with E-state index in [1.54, 1.807) is 0 Å². The van der Waals surface area contributed by atoms with Crippen molar-refractivity contribution in [3.8, 4) is 0 Å². The average Bonchev–Trinajstić information content (AvgIpc) is 2.10. The zero-order valence-corrected chi connectivity index (χ0v) is 7.42. The Morgan fingerprint density at radius 1 is 1.62 bits per heavy atom. The first-order valence-corrected chi connectivity index (χ1v) is 3.96. The standard InChI is InChI=1S/C6H15N5O2/c7-4(5(12)11-13)2-1-3-10-6(8)9/h4,13H,1-3,7H2,(H,11,12)(H4,8,9,10)/p+2/t4-/m0/s1. The van der Waals surface area contributed by atoms with Crippen molar-refractivity contribution in [2.75, 3.05) is 6.54 Å². The molecule has 1 amide bonds. The van der Waals surface area contributed by atoms with Gasteiger partial charge in [-0.15, -0.1) is 0 Å². The van der Waals surface area contributed by atoms with E-state index >= 15 is 0 Å². The van der Waals surface area contributed by atoms with E-state index in [9.17, 15) is 4.79 Å². The zero-order chi connectivity index (χ0) is 10.3. The molecular formula is C6H17N5O2+2. The van der Waals surface area contributed by atoms with Gasteiger partial charge in [-0.1, -0.05) is 0 Å². The second-order valence-corrected chi connectivity index (χ2v) is 2.70. The minimum absolute atomic E-state index is 0.159. The summed E-state index contributed by atoms with van der Waals surface area (Å²) < 4.78 is 0. The van der Waals surface area contributed by atoms with Gasteiger partial charge in [0.05, 0.1) is 6.54 Å². The highest BCUT2D eigenvalue weighted by atomic mass is 16.5. The largest absolute Gasteiger partial charge is 0.347 e. The smallest absolute Gasteiger partial charge is 0.338 e. The molecule has 0 bridgehead atoms. The number of carbonyl (C=O) groups excluding carboxylic acids is 1. The van der Waals surface area contributed by atoms with Crippen LogP contribution in [0.3, 0.4) is 0 Å². The normalized spacial score (nSPS) is 11.8. The highest BCUT2D eigenvalue weighted by molar-refractivity contribution is 5.78. The summed E-state index contributed by atoms with van der Waals surface area (Å²) in [5, 5.41) is 8.25. The molecule has 0 aliphatic rings. The van der Waals surface area contributed by atoms with Gasteiger partial charge >= 0.3 is 11.9 Å². The summed E-state index contributed by atoms with van der Waals surface area (Å²) in [4.78, 5) is 13.4. The zero-order valence-electron chi connectivity index (χ0n) is 7.42. The van der Waals surface area contributed by atoms with Gasteiger partial charge in [-0.3, -0.25) is 26.5 Å². The van der Waals surface area contributed by atoms with E-state index in [1.165, 1.54) is 5.48 Å². The SMILES string of the molecule is NC(N)=[NH+]CCC[C@H]([NH3+])C(=O)NO. The van der Waals surface area contributed by atoms with Crippen molar-refractivity contribution < 1.29 is 20.7 Å². The van der Waals surface area contributed by atoms with E-state index in [1.807, 2.05) is 0 Å². The molecule has 1 atom stereocenters. The Bertz CT molecular complexity index is 189. The second kappa shape index (κ2) is 6.21. The van der Waals surface area contributed by atoms with Crippen molar-refractivity contribution in [3.05, 3.63) is 0 Å². The molecule has 0 saturated carbocycles. The third-order valence-corrected chi connectivity index (χ3v) is 1.54. The summed E-state index contributed by atoms with van der Waals surface area (Å²) >= 11 is 0. The molecule has 0 heterocycles. The number of quaternary nitrogens is 1. The van der Waals surface area contributed by atoms with E-state index < -0.39 is 11.9 Å². The molecule has 0 spiro atoms. The highest BCUT2D eigenvalue weighted by Gasteiger charge is 2.15. The lowest BCUT2D eigenvalue weighted by atomic mass is 10.1. The van der Waals surface area contributed by atoms with Crippen LogP contribution in [0.5, 0.6) is 0 Å². The maximum absolute atomic E-state index is 10.7. The second-order valence-electron chi connectivity index (χ2n) is 2.70. The van der Waals surface area contributed by atoms with E-state index in [4.69, 9.17) is 16.7 Å². The molecule has 76 valence electrons. The summed E-state index contributed by atoms with van der Waals surface area (Å²) in [5.74, 6) is -0.322. The number of carbonyl (C=O) groups is 1. The predicted molar refractivity (Wildman–Crippen MR) is 45.1 cm³/mol. The molecule has 13 heavy (non-hydrogen) atoms. The van der Waals surface area contributed by atoms with Crippen LogP contribution in [0, 0.1) is 0 Å². The first-order chi connectivity index (χ1) is 6.07. The number of hydrogen-bond acceptors (Lipinski definition) is 2. The lowest BCUT2D eigenvalue weighted by Crippen LogP contribution is -2.78. The fourth-order valence-corrected chi connectivity index (χ4v) is 0.804. The monoisotopic (exact) mass is 191 g/mol. The Morgan fingerprint density at radius 2 is 2.23 bits per heavy atom. The number of hydroxylamine groups is 1. The Hall–Kier alpha value is -1.34. The minimum atomic E-state index is -0.482. The number of nitrogens with two attached hydrogens (primary N) is 2. The topological polar surface area (TPSA) is 143 Å². The van der Waals surface area contributed by atoms with Gasteiger partial charge in [-0.05, 0) is 6.42 Å². The molecule has 7 nitrogen and oxygen atoms in total. The molecule has 0 aromatic heterocycles. The molecule has 7 heteroatoms. The third kappa shape index (κ3) is 5.88. The van der Waals surface area contributed by atoms with Crippen LogP contribution < -0.4 is 27.7 Å². The lowest BCUT2D eigenvalue weighted by Gasteiger charge is -2.03. The minimum Gasteiger partial charge on any atom is -0.347 e. The van der Waals surface area contributed by atoms with Gasteiger partial charge in [0.1, 0.15) is 0 Å². The van der Waals surface area contributed by atoms with Crippen LogP contribution in [-0.4, -0.2) is 29.7 Å². The van der Waals surface area contributed by atoms with Crippen LogP contribution in [0.4, 0.5) is 0 Å². The van der Waals surface area contributed by atoms with Crippen LogP contribution in [0.2, 0.25) is 0 Å². The van der Waals surface area contributed by atoms with Crippen LogP contribution in [-0.2, 0) is 4.79 Å². The van der Waals surface area contributed by atoms with Gasteiger partial charge in [0, 0.05) is 6.42 Å². The molecule has 0 aromatic carbocycles. The van der Waals surface area contributed by atoms with Gasteiger partial charge in [-0.2, -0.15) is 0 Å². The number of guanidine groups is 1.